The summed E-state index contributed by atoms with van der Waals surface area (Å²) in [5.74, 6) is -0.795. The number of hydrogen-bond donors (Lipinski definition) is 2. The molecule has 1 aromatic heterocycles. The molecule has 0 saturated heterocycles. The molecule has 28 heavy (non-hydrogen) atoms. The van der Waals surface area contributed by atoms with Crippen molar-refractivity contribution in [3.05, 3.63) is 96.4 Å². The Kier molecular flexibility index (Phi) is 4.60. The van der Waals surface area contributed by atoms with Gasteiger partial charge in [0.05, 0.1) is 11.3 Å². The Morgan fingerprint density at radius 3 is 2.43 bits per heavy atom. The number of benzene rings is 3. The normalized spacial score (nSPS) is 10.6. The van der Waals surface area contributed by atoms with E-state index < -0.39 is 5.82 Å². The summed E-state index contributed by atoms with van der Waals surface area (Å²) in [5, 5.41) is 7.33. The number of halogens is 1. The van der Waals surface area contributed by atoms with E-state index in [1.807, 2.05) is 42.5 Å². The van der Waals surface area contributed by atoms with Gasteiger partial charge >= 0.3 is 0 Å². The van der Waals surface area contributed by atoms with E-state index in [4.69, 9.17) is 5.73 Å². The fourth-order valence-electron chi connectivity index (χ4n) is 2.87. The topological polar surface area (TPSA) is 72.9 Å². The van der Waals surface area contributed by atoms with Gasteiger partial charge in [0.1, 0.15) is 11.5 Å². The molecule has 0 unspecified atom stereocenters. The molecule has 4 rings (SSSR count). The van der Waals surface area contributed by atoms with Crippen LogP contribution in [0, 0.1) is 5.82 Å². The third-order valence-electron chi connectivity index (χ3n) is 4.25. The van der Waals surface area contributed by atoms with Gasteiger partial charge in [-0.2, -0.15) is 5.10 Å². The summed E-state index contributed by atoms with van der Waals surface area (Å²) in [6.45, 7) is 0. The van der Waals surface area contributed by atoms with Crippen LogP contribution < -0.4 is 11.1 Å². The SMILES string of the molecule is Nc1ccc(-c2nn(-c3ccccc3)cc2C(=O)Nc2cccc(F)c2)cc1. The Labute approximate surface area is 161 Å². The molecule has 0 radical (unpaired) electrons. The Balaban J connectivity index is 1.76. The summed E-state index contributed by atoms with van der Waals surface area (Å²) in [7, 11) is 0. The summed E-state index contributed by atoms with van der Waals surface area (Å²) in [5.41, 5.74) is 9.24. The Hall–Kier alpha value is -3.93. The van der Waals surface area contributed by atoms with Gasteiger partial charge in [0.25, 0.3) is 5.91 Å². The Morgan fingerprint density at radius 2 is 1.71 bits per heavy atom. The molecule has 0 saturated carbocycles. The van der Waals surface area contributed by atoms with Crippen LogP contribution in [0.1, 0.15) is 10.4 Å². The highest BCUT2D eigenvalue weighted by molar-refractivity contribution is 6.08. The minimum absolute atomic E-state index is 0.373. The number of nitrogens with zero attached hydrogens (tertiary/aromatic N) is 2. The largest absolute Gasteiger partial charge is 0.399 e. The standard InChI is InChI=1S/C22H17FN4O/c23-16-5-4-6-18(13-16)25-22(28)20-14-27(19-7-2-1-3-8-19)26-21(20)15-9-11-17(24)12-10-15/h1-14H,24H2,(H,25,28). The number of anilines is 2. The van der Waals surface area contributed by atoms with Crippen LogP contribution in [0.2, 0.25) is 0 Å². The molecule has 5 nitrogen and oxygen atoms in total. The van der Waals surface area contributed by atoms with Gasteiger partial charge in [0.2, 0.25) is 0 Å². The molecule has 3 aromatic carbocycles. The molecule has 6 heteroatoms. The van der Waals surface area contributed by atoms with Gasteiger partial charge in [-0.3, -0.25) is 4.79 Å². The zero-order valence-electron chi connectivity index (χ0n) is 14.8. The molecule has 0 aliphatic rings. The fraction of sp³-hybridized carbons (Fsp3) is 0. The maximum Gasteiger partial charge on any atom is 0.259 e. The van der Waals surface area contributed by atoms with Gasteiger partial charge in [-0.05, 0) is 42.5 Å². The van der Waals surface area contributed by atoms with Crippen molar-refractivity contribution in [1.29, 1.82) is 0 Å². The zero-order valence-corrected chi connectivity index (χ0v) is 14.8. The molecule has 0 fully saturated rings. The molecule has 1 amide bonds. The lowest BCUT2D eigenvalue weighted by molar-refractivity contribution is 0.102. The van der Waals surface area contributed by atoms with Gasteiger partial charge in [-0.15, -0.1) is 0 Å². The van der Waals surface area contributed by atoms with Crippen LogP contribution in [-0.4, -0.2) is 15.7 Å². The van der Waals surface area contributed by atoms with Crippen molar-refractivity contribution in [1.82, 2.24) is 9.78 Å². The monoisotopic (exact) mass is 372 g/mol. The predicted molar refractivity (Wildman–Crippen MR) is 108 cm³/mol. The van der Waals surface area contributed by atoms with E-state index in [1.54, 1.807) is 35.1 Å². The molecule has 3 N–H and O–H groups in total. The lowest BCUT2D eigenvalue weighted by Crippen LogP contribution is -2.12. The van der Waals surface area contributed by atoms with Crippen molar-refractivity contribution in [2.75, 3.05) is 11.1 Å². The average molecular weight is 372 g/mol. The van der Waals surface area contributed by atoms with Gasteiger partial charge in [-0.25, -0.2) is 9.07 Å². The second-order valence-corrected chi connectivity index (χ2v) is 6.26. The van der Waals surface area contributed by atoms with Crippen molar-refractivity contribution in [3.8, 4) is 16.9 Å². The van der Waals surface area contributed by atoms with Crippen LogP contribution in [-0.2, 0) is 0 Å². The predicted octanol–water partition coefficient (Wildman–Crippen LogP) is 4.51. The maximum atomic E-state index is 13.4. The number of aromatic nitrogens is 2. The van der Waals surface area contributed by atoms with Gasteiger partial charge in [0.15, 0.2) is 0 Å². The third kappa shape index (κ3) is 3.61. The fourth-order valence-corrected chi connectivity index (χ4v) is 2.87. The maximum absolute atomic E-state index is 13.4. The van der Waals surface area contributed by atoms with Crippen LogP contribution in [0.15, 0.2) is 85.1 Å². The number of rotatable bonds is 4. The first-order valence-electron chi connectivity index (χ1n) is 8.68. The first-order valence-corrected chi connectivity index (χ1v) is 8.68. The first-order chi connectivity index (χ1) is 13.6. The smallest absolute Gasteiger partial charge is 0.259 e. The van der Waals surface area contributed by atoms with Crippen LogP contribution >= 0.6 is 0 Å². The summed E-state index contributed by atoms with van der Waals surface area (Å²) >= 11 is 0. The quantitative estimate of drug-likeness (QED) is 0.518. The van der Waals surface area contributed by atoms with Crippen LogP contribution in [0.3, 0.4) is 0 Å². The molecule has 138 valence electrons. The molecule has 0 bridgehead atoms. The van der Waals surface area contributed by atoms with Crippen molar-refractivity contribution in [2.45, 2.75) is 0 Å². The summed E-state index contributed by atoms with van der Waals surface area (Å²) in [6.07, 6.45) is 1.66. The van der Waals surface area contributed by atoms with E-state index in [1.165, 1.54) is 12.1 Å². The van der Waals surface area contributed by atoms with E-state index >= 15 is 0 Å². The molecular weight excluding hydrogens is 355 g/mol. The number of nitrogens with two attached hydrogens (primary N) is 1. The Morgan fingerprint density at radius 1 is 0.964 bits per heavy atom. The van der Waals surface area contributed by atoms with Gasteiger partial charge < -0.3 is 11.1 Å². The highest BCUT2D eigenvalue weighted by atomic mass is 19.1. The lowest BCUT2D eigenvalue weighted by Gasteiger charge is -2.06. The molecule has 1 heterocycles. The summed E-state index contributed by atoms with van der Waals surface area (Å²) in [4.78, 5) is 12.9. The van der Waals surface area contributed by atoms with Crippen LogP contribution in [0.4, 0.5) is 15.8 Å². The first kappa shape index (κ1) is 17.5. The van der Waals surface area contributed by atoms with Crippen molar-refractivity contribution >= 4 is 17.3 Å². The van der Waals surface area contributed by atoms with Crippen molar-refractivity contribution in [3.63, 3.8) is 0 Å². The number of nitrogen functional groups attached to an aromatic ring is 1. The van der Waals surface area contributed by atoms with E-state index in [0.29, 0.717) is 22.6 Å². The van der Waals surface area contributed by atoms with Crippen molar-refractivity contribution in [2.24, 2.45) is 0 Å². The van der Waals surface area contributed by atoms with E-state index in [-0.39, 0.29) is 5.91 Å². The second kappa shape index (κ2) is 7.36. The zero-order chi connectivity index (χ0) is 19.5. The highest BCUT2D eigenvalue weighted by Gasteiger charge is 2.19. The van der Waals surface area contributed by atoms with Crippen molar-refractivity contribution < 1.29 is 9.18 Å². The van der Waals surface area contributed by atoms with Gasteiger partial charge in [0, 0.05) is 23.1 Å². The summed E-state index contributed by atoms with van der Waals surface area (Å²) < 4.78 is 15.1. The molecule has 0 aliphatic carbocycles. The van der Waals surface area contributed by atoms with E-state index in [2.05, 4.69) is 10.4 Å². The van der Waals surface area contributed by atoms with E-state index in [0.717, 1.165) is 11.3 Å². The third-order valence-corrected chi connectivity index (χ3v) is 4.25. The number of carbonyl (C=O) groups is 1. The minimum Gasteiger partial charge on any atom is -0.399 e. The van der Waals surface area contributed by atoms with Crippen LogP contribution in [0.5, 0.6) is 0 Å². The second-order valence-electron chi connectivity index (χ2n) is 6.26. The van der Waals surface area contributed by atoms with E-state index in [9.17, 15) is 9.18 Å². The number of amides is 1. The highest BCUT2D eigenvalue weighted by Crippen LogP contribution is 2.25. The number of hydrogen-bond acceptors (Lipinski definition) is 3. The Bertz CT molecular complexity index is 1120. The van der Waals surface area contributed by atoms with Crippen LogP contribution in [0.25, 0.3) is 16.9 Å². The molecular formula is C22H17FN4O. The summed E-state index contributed by atoms with van der Waals surface area (Å²) in [6, 6.07) is 22.4. The molecule has 0 atom stereocenters. The van der Waals surface area contributed by atoms with Gasteiger partial charge in [-0.1, -0.05) is 36.4 Å². The molecule has 4 aromatic rings. The minimum atomic E-state index is -0.420. The number of carbonyl (C=O) groups excluding carboxylic acids is 1. The molecule has 0 aliphatic heterocycles. The average Bonchev–Trinajstić information content (AvgIpc) is 3.15. The lowest BCUT2D eigenvalue weighted by atomic mass is 10.1. The number of para-hydroxylation sites is 1. The number of nitrogens with one attached hydrogen (secondary N) is 1. The molecule has 0 spiro atoms.